The zero-order valence-corrected chi connectivity index (χ0v) is 14.6. The van der Waals surface area contributed by atoms with Crippen LogP contribution in [0.15, 0.2) is 40.9 Å². The molecule has 0 atom stereocenters. The van der Waals surface area contributed by atoms with Crippen LogP contribution >= 0.6 is 0 Å². The van der Waals surface area contributed by atoms with Gasteiger partial charge in [0.1, 0.15) is 28.8 Å². The van der Waals surface area contributed by atoms with Gasteiger partial charge in [0, 0.05) is 11.1 Å². The van der Waals surface area contributed by atoms with Crippen molar-refractivity contribution in [3.8, 4) is 40.1 Å². The van der Waals surface area contributed by atoms with Crippen LogP contribution in [0.1, 0.15) is 16.7 Å². The monoisotopic (exact) mass is 334 g/mol. The summed E-state index contributed by atoms with van der Waals surface area (Å²) in [6, 6.07) is 13.4. The van der Waals surface area contributed by atoms with Crippen LogP contribution in [-0.4, -0.2) is 19.4 Å². The molecule has 0 aliphatic carbocycles. The molecule has 1 aromatic heterocycles. The van der Waals surface area contributed by atoms with Crippen molar-refractivity contribution in [1.29, 1.82) is 5.26 Å². The van der Waals surface area contributed by atoms with E-state index in [4.69, 9.17) is 14.0 Å². The average molecular weight is 334 g/mol. The Balaban J connectivity index is 2.14. The fraction of sp³-hybridized carbons (Fsp3) is 0.200. The number of hydrogen-bond donors (Lipinski definition) is 0. The molecule has 0 amide bonds. The zero-order chi connectivity index (χ0) is 18.0. The highest BCUT2D eigenvalue weighted by molar-refractivity contribution is 5.80. The van der Waals surface area contributed by atoms with Crippen LogP contribution in [0.4, 0.5) is 0 Å². The number of nitriles is 1. The molecule has 3 rings (SSSR count). The van der Waals surface area contributed by atoms with Crippen molar-refractivity contribution in [2.75, 3.05) is 14.2 Å². The molecule has 0 saturated heterocycles. The van der Waals surface area contributed by atoms with Crippen molar-refractivity contribution >= 4 is 0 Å². The van der Waals surface area contributed by atoms with Crippen LogP contribution in [0.25, 0.3) is 22.6 Å². The normalized spacial score (nSPS) is 10.4. The molecule has 126 valence electrons. The van der Waals surface area contributed by atoms with E-state index in [1.807, 2.05) is 50.2 Å². The molecule has 0 bridgehead atoms. The molecule has 0 aliphatic rings. The van der Waals surface area contributed by atoms with Gasteiger partial charge in [-0.25, -0.2) is 0 Å². The second-order valence-corrected chi connectivity index (χ2v) is 5.71. The van der Waals surface area contributed by atoms with Gasteiger partial charge in [-0.2, -0.15) is 5.26 Å². The predicted molar refractivity (Wildman–Crippen MR) is 94.7 cm³/mol. The van der Waals surface area contributed by atoms with Gasteiger partial charge in [-0.1, -0.05) is 5.16 Å². The van der Waals surface area contributed by atoms with E-state index in [1.165, 1.54) is 0 Å². The molecule has 0 fully saturated rings. The predicted octanol–water partition coefficient (Wildman–Crippen LogP) is 4.51. The minimum atomic E-state index is 0.418. The van der Waals surface area contributed by atoms with Gasteiger partial charge >= 0.3 is 0 Å². The highest BCUT2D eigenvalue weighted by Gasteiger charge is 2.22. The van der Waals surface area contributed by atoms with Crippen molar-refractivity contribution in [2.24, 2.45) is 0 Å². The molecule has 5 heteroatoms. The highest BCUT2D eigenvalue weighted by atomic mass is 16.5. The van der Waals surface area contributed by atoms with E-state index in [2.05, 4.69) is 11.2 Å². The third kappa shape index (κ3) is 2.94. The quantitative estimate of drug-likeness (QED) is 0.702. The van der Waals surface area contributed by atoms with Crippen LogP contribution in [0.3, 0.4) is 0 Å². The lowest BCUT2D eigenvalue weighted by Gasteiger charge is -2.10. The maximum Gasteiger partial charge on any atom is 0.185 e. The summed E-state index contributed by atoms with van der Waals surface area (Å²) >= 11 is 0. The number of rotatable bonds is 4. The van der Waals surface area contributed by atoms with Gasteiger partial charge in [0.05, 0.1) is 14.2 Å². The molecular weight excluding hydrogens is 316 g/mol. The Hall–Kier alpha value is -3.26. The van der Waals surface area contributed by atoms with Crippen molar-refractivity contribution in [3.05, 3.63) is 53.1 Å². The van der Waals surface area contributed by atoms with Crippen LogP contribution in [0, 0.1) is 25.2 Å². The summed E-state index contributed by atoms with van der Waals surface area (Å²) in [4.78, 5) is 0. The lowest BCUT2D eigenvalue weighted by Crippen LogP contribution is -1.93. The number of ether oxygens (including phenoxy) is 2. The van der Waals surface area contributed by atoms with Gasteiger partial charge in [-0.05, 0) is 61.4 Å². The third-order valence-corrected chi connectivity index (χ3v) is 4.13. The van der Waals surface area contributed by atoms with Gasteiger partial charge < -0.3 is 14.0 Å². The molecule has 0 N–H and O–H groups in total. The first kappa shape index (κ1) is 16.6. The SMILES string of the molecule is COc1ccc(-c2onc(-c3c(C)cc(OC)cc3C)c2C#N)cc1. The maximum absolute atomic E-state index is 9.69. The van der Waals surface area contributed by atoms with E-state index in [1.54, 1.807) is 14.2 Å². The van der Waals surface area contributed by atoms with Gasteiger partial charge in [0.2, 0.25) is 0 Å². The largest absolute Gasteiger partial charge is 0.497 e. The second-order valence-electron chi connectivity index (χ2n) is 5.71. The molecule has 0 spiro atoms. The molecule has 0 unspecified atom stereocenters. The molecule has 0 saturated carbocycles. The lowest BCUT2D eigenvalue weighted by atomic mass is 9.95. The summed E-state index contributed by atoms with van der Waals surface area (Å²) < 4.78 is 16.0. The summed E-state index contributed by atoms with van der Waals surface area (Å²) in [5, 5.41) is 13.9. The number of benzene rings is 2. The number of nitrogens with zero attached hydrogens (tertiary/aromatic N) is 2. The first-order valence-electron chi connectivity index (χ1n) is 7.78. The van der Waals surface area contributed by atoms with Gasteiger partial charge in [-0.15, -0.1) is 0 Å². The smallest absolute Gasteiger partial charge is 0.185 e. The fourth-order valence-electron chi connectivity index (χ4n) is 2.92. The Labute approximate surface area is 146 Å². The minimum absolute atomic E-state index is 0.418. The van der Waals surface area contributed by atoms with Gasteiger partial charge in [0.15, 0.2) is 5.76 Å². The van der Waals surface area contributed by atoms with Gasteiger partial charge in [-0.3, -0.25) is 0 Å². The fourth-order valence-corrected chi connectivity index (χ4v) is 2.92. The average Bonchev–Trinajstić information content (AvgIpc) is 3.04. The van der Waals surface area contributed by atoms with Crippen molar-refractivity contribution in [1.82, 2.24) is 5.16 Å². The molecule has 1 heterocycles. The van der Waals surface area contributed by atoms with Crippen LogP contribution < -0.4 is 9.47 Å². The summed E-state index contributed by atoms with van der Waals surface area (Å²) in [5.74, 6) is 1.97. The highest BCUT2D eigenvalue weighted by Crippen LogP contribution is 2.36. The minimum Gasteiger partial charge on any atom is -0.497 e. The van der Waals surface area contributed by atoms with E-state index in [9.17, 15) is 5.26 Å². The van der Waals surface area contributed by atoms with E-state index in [0.717, 1.165) is 33.8 Å². The number of hydrogen-bond acceptors (Lipinski definition) is 5. The Morgan fingerprint density at radius 3 is 2.08 bits per heavy atom. The molecule has 25 heavy (non-hydrogen) atoms. The number of methoxy groups -OCH3 is 2. The standard InChI is InChI=1S/C20H18N2O3/c1-12-9-16(24-4)10-13(2)18(12)19-17(11-21)20(25-22-19)14-5-7-15(23-3)8-6-14/h5-10H,1-4H3. The first-order valence-corrected chi connectivity index (χ1v) is 7.78. The van der Waals surface area contributed by atoms with Crippen molar-refractivity contribution in [2.45, 2.75) is 13.8 Å². The van der Waals surface area contributed by atoms with Crippen LogP contribution in [-0.2, 0) is 0 Å². The Morgan fingerprint density at radius 2 is 1.56 bits per heavy atom. The van der Waals surface area contributed by atoms with E-state index in [0.29, 0.717) is 17.0 Å². The maximum atomic E-state index is 9.69. The van der Waals surface area contributed by atoms with Crippen molar-refractivity contribution in [3.63, 3.8) is 0 Å². The van der Waals surface area contributed by atoms with Gasteiger partial charge in [0.25, 0.3) is 0 Å². The first-order chi connectivity index (χ1) is 12.1. The lowest BCUT2D eigenvalue weighted by molar-refractivity contribution is 0.414. The van der Waals surface area contributed by atoms with Crippen molar-refractivity contribution < 1.29 is 14.0 Å². The molecular formula is C20H18N2O3. The molecule has 2 aromatic carbocycles. The van der Waals surface area contributed by atoms with E-state index in [-0.39, 0.29) is 0 Å². The Kier molecular flexibility index (Phi) is 4.44. The topological polar surface area (TPSA) is 68.3 Å². The van der Waals surface area contributed by atoms with E-state index >= 15 is 0 Å². The molecule has 5 nitrogen and oxygen atoms in total. The molecule has 3 aromatic rings. The van der Waals surface area contributed by atoms with Crippen LogP contribution in [0.5, 0.6) is 11.5 Å². The Morgan fingerprint density at radius 1 is 0.960 bits per heavy atom. The third-order valence-electron chi connectivity index (χ3n) is 4.13. The molecule has 0 radical (unpaired) electrons. The summed E-state index contributed by atoms with van der Waals surface area (Å²) in [6.07, 6.45) is 0. The zero-order valence-electron chi connectivity index (χ0n) is 14.6. The molecule has 0 aliphatic heterocycles. The van der Waals surface area contributed by atoms with Crippen LogP contribution in [0.2, 0.25) is 0 Å². The van der Waals surface area contributed by atoms with E-state index < -0.39 is 0 Å². The summed E-state index contributed by atoms with van der Waals surface area (Å²) in [6.45, 7) is 3.93. The second kappa shape index (κ2) is 6.70. The number of aromatic nitrogens is 1. The summed E-state index contributed by atoms with van der Waals surface area (Å²) in [5.41, 5.74) is 4.58. The number of aryl methyl sites for hydroxylation is 2. The summed E-state index contributed by atoms with van der Waals surface area (Å²) in [7, 11) is 3.24. The Bertz CT molecular complexity index is 927.